The summed E-state index contributed by atoms with van der Waals surface area (Å²) < 4.78 is 17.7. The van der Waals surface area contributed by atoms with Crippen LogP contribution in [0.25, 0.3) is 28.0 Å². The highest BCUT2D eigenvalue weighted by Gasteiger charge is 2.42. The van der Waals surface area contributed by atoms with Crippen LogP contribution in [-0.4, -0.2) is 55.6 Å². The molecule has 0 aliphatic carbocycles. The van der Waals surface area contributed by atoms with E-state index in [1.165, 1.54) is 28.8 Å². The van der Waals surface area contributed by atoms with Crippen LogP contribution in [-0.2, 0) is 11.2 Å². The summed E-state index contributed by atoms with van der Waals surface area (Å²) in [6.07, 6.45) is 3.38. The number of carbonyl (C=O) groups excluding carboxylic acids is 1. The van der Waals surface area contributed by atoms with E-state index in [0.717, 1.165) is 5.56 Å². The van der Waals surface area contributed by atoms with Gasteiger partial charge in [0.1, 0.15) is 22.9 Å². The molecular weight excluding hydrogens is 592 g/mol. The smallest absolute Gasteiger partial charge is 0.262 e. The summed E-state index contributed by atoms with van der Waals surface area (Å²) in [5, 5.41) is 10.8. The fourth-order valence-corrected chi connectivity index (χ4v) is 6.82. The summed E-state index contributed by atoms with van der Waals surface area (Å²) in [6.45, 7) is 12.3. The van der Waals surface area contributed by atoms with Crippen molar-refractivity contribution in [2.75, 3.05) is 18.0 Å². The number of hydrogen-bond donors (Lipinski definition) is 1. The van der Waals surface area contributed by atoms with Gasteiger partial charge in [-0.2, -0.15) is 0 Å². The first kappa shape index (κ1) is 29.1. The van der Waals surface area contributed by atoms with Crippen molar-refractivity contribution < 1.29 is 14.3 Å². The molecule has 1 saturated heterocycles. The molecule has 2 aliphatic heterocycles. The highest BCUT2D eigenvalue weighted by molar-refractivity contribution is 6.43. The van der Waals surface area contributed by atoms with Crippen molar-refractivity contribution in [3.8, 4) is 22.7 Å². The van der Waals surface area contributed by atoms with Gasteiger partial charge in [-0.3, -0.25) is 19.1 Å². The summed E-state index contributed by atoms with van der Waals surface area (Å²) in [6, 6.07) is 5.42. The lowest BCUT2D eigenvalue weighted by Crippen LogP contribution is -2.57. The number of rotatable bonds is 4. The molecule has 1 N–H and O–H groups in total. The van der Waals surface area contributed by atoms with Crippen LogP contribution in [0.3, 0.4) is 0 Å². The van der Waals surface area contributed by atoms with Crippen LogP contribution in [0, 0.1) is 12.7 Å². The number of aromatic nitrogens is 3. The summed E-state index contributed by atoms with van der Waals surface area (Å²) in [5.41, 5.74) is 3.12. The van der Waals surface area contributed by atoms with Gasteiger partial charge < -0.3 is 14.9 Å². The van der Waals surface area contributed by atoms with E-state index in [0.29, 0.717) is 47.5 Å². The standard InChI is InChI=1S/C32H30Cl2FN5O3/c1-6-25(42)38-14-18-9-22-30(39(18)13-17(38)5)21-12-24(35)28(20-10-19(41)11-23(33)26(20)34)37-31(21)40(32(22)43)29-16(4)7-8-36-27(29)15(2)3/h6-8,10-12,15,17-18,41H,1,9,13-14H2,2-5H3. The van der Waals surface area contributed by atoms with Crippen molar-refractivity contribution >= 4 is 45.8 Å². The van der Waals surface area contributed by atoms with Crippen molar-refractivity contribution in [3.05, 3.63) is 86.2 Å². The van der Waals surface area contributed by atoms with Crippen molar-refractivity contribution in [1.82, 2.24) is 19.4 Å². The Labute approximate surface area is 258 Å². The van der Waals surface area contributed by atoms with E-state index in [-0.39, 0.29) is 62.2 Å². The lowest BCUT2D eigenvalue weighted by Gasteiger charge is -2.43. The third-order valence-corrected chi connectivity index (χ3v) is 9.19. The molecule has 2 unspecified atom stereocenters. The fraction of sp³-hybridized carbons (Fsp3) is 0.312. The van der Waals surface area contributed by atoms with E-state index in [1.54, 1.807) is 11.1 Å². The number of phenols is 1. The molecule has 1 aromatic carbocycles. The third-order valence-electron chi connectivity index (χ3n) is 8.39. The summed E-state index contributed by atoms with van der Waals surface area (Å²) in [4.78, 5) is 40.4. The fourth-order valence-electron chi connectivity index (χ4n) is 6.41. The molecule has 2 atom stereocenters. The molecule has 2 aliphatic rings. The van der Waals surface area contributed by atoms with Crippen LogP contribution in [0.2, 0.25) is 10.0 Å². The lowest BCUT2D eigenvalue weighted by molar-refractivity contribution is -0.128. The molecule has 0 saturated carbocycles. The molecular formula is C32H30Cl2FN5O3. The third kappa shape index (κ3) is 4.57. The second kappa shape index (κ2) is 10.6. The monoisotopic (exact) mass is 621 g/mol. The molecule has 3 aromatic heterocycles. The number of fused-ring (bicyclic) bond motifs is 5. The predicted molar refractivity (Wildman–Crippen MR) is 167 cm³/mol. The zero-order chi connectivity index (χ0) is 30.9. The second-order valence-corrected chi connectivity index (χ2v) is 12.3. The van der Waals surface area contributed by atoms with Crippen LogP contribution in [0.15, 0.2) is 47.9 Å². The maximum atomic E-state index is 16.1. The van der Waals surface area contributed by atoms with Crippen molar-refractivity contribution in [2.24, 2.45) is 0 Å². The number of phenolic OH excluding ortho intramolecular Hbond substituents is 1. The molecule has 1 fully saturated rings. The Kier molecular flexibility index (Phi) is 7.21. The van der Waals surface area contributed by atoms with E-state index in [9.17, 15) is 14.7 Å². The van der Waals surface area contributed by atoms with Gasteiger partial charge in [-0.15, -0.1) is 0 Å². The molecule has 0 radical (unpaired) electrons. The Hall–Kier alpha value is -3.95. The Morgan fingerprint density at radius 3 is 2.65 bits per heavy atom. The maximum Gasteiger partial charge on any atom is 0.262 e. The minimum atomic E-state index is -0.688. The van der Waals surface area contributed by atoms with Crippen molar-refractivity contribution in [1.29, 1.82) is 0 Å². The number of pyridine rings is 3. The highest BCUT2D eigenvalue weighted by Crippen LogP contribution is 2.43. The first-order chi connectivity index (χ1) is 20.4. The average molecular weight is 623 g/mol. The van der Waals surface area contributed by atoms with E-state index < -0.39 is 5.82 Å². The highest BCUT2D eigenvalue weighted by atomic mass is 35.5. The van der Waals surface area contributed by atoms with Crippen molar-refractivity contribution in [2.45, 2.75) is 52.1 Å². The van der Waals surface area contributed by atoms with Crippen molar-refractivity contribution in [3.63, 3.8) is 0 Å². The summed E-state index contributed by atoms with van der Waals surface area (Å²) >= 11 is 12.7. The summed E-state index contributed by atoms with van der Waals surface area (Å²) in [7, 11) is 0. The molecule has 4 aromatic rings. The first-order valence-electron chi connectivity index (χ1n) is 14.0. The van der Waals surface area contributed by atoms with Crippen LogP contribution in [0.5, 0.6) is 5.75 Å². The Balaban J connectivity index is 1.70. The first-order valence-corrected chi connectivity index (χ1v) is 14.8. The summed E-state index contributed by atoms with van der Waals surface area (Å²) in [5.74, 6) is -1.09. The molecule has 0 spiro atoms. The zero-order valence-corrected chi connectivity index (χ0v) is 25.7. The van der Waals surface area contributed by atoms with Gasteiger partial charge in [0.25, 0.3) is 5.56 Å². The Morgan fingerprint density at radius 2 is 1.95 bits per heavy atom. The van der Waals surface area contributed by atoms with E-state index in [2.05, 4.69) is 16.5 Å². The number of benzene rings is 1. The molecule has 43 heavy (non-hydrogen) atoms. The van der Waals surface area contributed by atoms with Crippen LogP contribution in [0.1, 0.15) is 43.5 Å². The van der Waals surface area contributed by atoms with Crippen LogP contribution >= 0.6 is 23.2 Å². The normalized spacial score (nSPS) is 17.9. The number of anilines is 1. The van der Waals surface area contributed by atoms with E-state index in [4.69, 9.17) is 28.2 Å². The van der Waals surface area contributed by atoms with Gasteiger partial charge in [0.2, 0.25) is 5.91 Å². The van der Waals surface area contributed by atoms with Gasteiger partial charge in [-0.05, 0) is 49.6 Å². The molecule has 1 amide bonds. The van der Waals surface area contributed by atoms with Crippen LogP contribution < -0.4 is 10.5 Å². The molecule has 6 rings (SSSR count). The number of halogens is 3. The Morgan fingerprint density at radius 1 is 1.21 bits per heavy atom. The largest absolute Gasteiger partial charge is 0.508 e. The zero-order valence-electron chi connectivity index (χ0n) is 24.2. The molecule has 5 heterocycles. The predicted octanol–water partition coefficient (Wildman–Crippen LogP) is 6.18. The molecule has 0 bridgehead atoms. The quantitative estimate of drug-likeness (QED) is 0.274. The number of piperazine rings is 1. The van der Waals surface area contributed by atoms with Gasteiger partial charge in [0.15, 0.2) is 0 Å². The second-order valence-electron chi connectivity index (χ2n) is 11.5. The van der Waals surface area contributed by atoms with Gasteiger partial charge in [-0.25, -0.2) is 9.37 Å². The number of carbonyl (C=O) groups is 1. The van der Waals surface area contributed by atoms with Gasteiger partial charge in [0.05, 0.1) is 33.2 Å². The number of aromatic hydroxyl groups is 1. The number of amides is 1. The maximum absolute atomic E-state index is 16.1. The SMILES string of the molecule is C=CC(=O)N1CC2Cc3c(c4cc(F)c(-c5cc(O)cc(Cl)c5Cl)nc4n(-c4c(C)ccnc4C(C)C)c3=O)N2CC1C. The van der Waals surface area contributed by atoms with Gasteiger partial charge in [-0.1, -0.05) is 43.6 Å². The number of nitrogens with zero attached hydrogens (tertiary/aromatic N) is 5. The lowest BCUT2D eigenvalue weighted by atomic mass is 10.0. The molecule has 8 nitrogen and oxygen atoms in total. The minimum Gasteiger partial charge on any atom is -0.508 e. The molecule has 222 valence electrons. The number of hydrogen-bond acceptors (Lipinski definition) is 6. The Bertz CT molecular complexity index is 1910. The minimum absolute atomic E-state index is 0.0256. The van der Waals surface area contributed by atoms with Gasteiger partial charge >= 0.3 is 0 Å². The van der Waals surface area contributed by atoms with Gasteiger partial charge in [0, 0.05) is 54.3 Å². The molecule has 11 heteroatoms. The number of aryl methyl sites for hydroxylation is 1. The topological polar surface area (TPSA) is 91.6 Å². The average Bonchev–Trinajstić information content (AvgIpc) is 3.33. The van der Waals surface area contributed by atoms with E-state index >= 15 is 4.39 Å². The van der Waals surface area contributed by atoms with Crippen LogP contribution in [0.4, 0.5) is 10.1 Å². The van der Waals surface area contributed by atoms with E-state index in [1.807, 2.05) is 33.8 Å².